The highest BCUT2D eigenvalue weighted by molar-refractivity contribution is 7.93. The van der Waals surface area contributed by atoms with Gasteiger partial charge in [0, 0.05) is 15.7 Å². The molecule has 0 saturated carbocycles. The van der Waals surface area contributed by atoms with Crippen LogP contribution in [-0.2, 0) is 26.2 Å². The molecule has 2 aromatic heterocycles. The molecule has 0 radical (unpaired) electrons. The molecule has 0 saturated heterocycles. The molecule has 0 fully saturated rings. The van der Waals surface area contributed by atoms with E-state index < -0.39 is 36.8 Å². The maximum Gasteiger partial charge on any atom is 0.417 e. The summed E-state index contributed by atoms with van der Waals surface area (Å²) in [6.07, 6.45) is 1.37. The van der Waals surface area contributed by atoms with E-state index in [4.69, 9.17) is 79.1 Å². The summed E-state index contributed by atoms with van der Waals surface area (Å²) >= 11 is 35.6. The first-order valence-corrected chi connectivity index (χ1v) is 24.1. The molecule has 0 aliphatic rings. The summed E-state index contributed by atoms with van der Waals surface area (Å²) in [4.78, 5) is -0.226. The molecule has 0 spiro atoms. The summed E-state index contributed by atoms with van der Waals surface area (Å²) in [5, 5.41) is 8.56. The number of nitrogens with one attached hydrogen (secondary N) is 2. The number of ether oxygens (including phenoxy) is 2. The number of anilines is 2. The minimum Gasteiger partial charge on any atom is -0.454 e. The van der Waals surface area contributed by atoms with E-state index in [1.165, 1.54) is 83.3 Å². The van der Waals surface area contributed by atoms with E-state index in [-0.39, 0.29) is 52.8 Å². The van der Waals surface area contributed by atoms with Gasteiger partial charge in [-0.3, -0.25) is 9.44 Å². The Bertz CT molecular complexity index is 3320. The molecule has 6 aromatic carbocycles. The van der Waals surface area contributed by atoms with Gasteiger partial charge in [-0.05, 0) is 116 Å². The van der Waals surface area contributed by atoms with Crippen molar-refractivity contribution in [1.82, 2.24) is 19.6 Å². The Morgan fingerprint density at radius 3 is 1.57 bits per heavy atom. The molecule has 2 heterocycles. The lowest BCUT2D eigenvalue weighted by atomic mass is 10.2. The Morgan fingerprint density at radius 1 is 0.522 bits per heavy atom. The zero-order valence-corrected chi connectivity index (χ0v) is 40.0. The molecular formula is C44H29Cl6F3N6O6S2. The van der Waals surface area contributed by atoms with Gasteiger partial charge in [-0.15, -0.1) is 0 Å². The van der Waals surface area contributed by atoms with Crippen molar-refractivity contribution in [3.8, 4) is 34.4 Å². The minimum absolute atomic E-state index is 0.0468. The van der Waals surface area contributed by atoms with E-state index in [0.29, 0.717) is 22.2 Å². The summed E-state index contributed by atoms with van der Waals surface area (Å²) in [7, 11) is -7.89. The number of halogens is 9. The summed E-state index contributed by atoms with van der Waals surface area (Å²) < 4.78 is 109. The zero-order chi connectivity index (χ0) is 48.3. The molecule has 0 atom stereocenters. The molecule has 23 heteroatoms. The Balaban J connectivity index is 0.000000201. The van der Waals surface area contributed by atoms with Gasteiger partial charge < -0.3 is 9.47 Å². The molecule has 12 nitrogen and oxygen atoms in total. The summed E-state index contributed by atoms with van der Waals surface area (Å²) in [5.74, 6) is 1.41. The summed E-state index contributed by atoms with van der Waals surface area (Å²) in [6, 6.07) is 30.1. The lowest BCUT2D eigenvalue weighted by Crippen LogP contribution is -2.13. The molecule has 0 aliphatic heterocycles. The largest absolute Gasteiger partial charge is 0.454 e. The maximum absolute atomic E-state index is 13.1. The number of aryl methyl sites for hydroxylation is 1. The van der Waals surface area contributed by atoms with Gasteiger partial charge in [0.15, 0.2) is 11.5 Å². The van der Waals surface area contributed by atoms with Crippen LogP contribution in [-0.4, -0.2) is 36.4 Å². The highest BCUT2D eigenvalue weighted by Crippen LogP contribution is 2.37. The number of rotatable bonds is 12. The van der Waals surface area contributed by atoms with Crippen molar-refractivity contribution in [2.24, 2.45) is 0 Å². The van der Waals surface area contributed by atoms with Crippen LogP contribution in [0.15, 0.2) is 156 Å². The normalized spacial score (nSPS) is 11.7. The zero-order valence-electron chi connectivity index (χ0n) is 33.8. The molecule has 2 N–H and O–H groups in total. The summed E-state index contributed by atoms with van der Waals surface area (Å²) in [6.45, 7) is 2.02. The average Bonchev–Trinajstić information content (AvgIpc) is 3.92. The van der Waals surface area contributed by atoms with Crippen molar-refractivity contribution in [3.63, 3.8) is 0 Å². The molecule has 346 valence electrons. The van der Waals surface area contributed by atoms with Crippen LogP contribution >= 0.6 is 69.6 Å². The Labute approximate surface area is 411 Å². The highest BCUT2D eigenvalue weighted by Gasteiger charge is 2.33. The number of sulfonamides is 2. The Hall–Kier alpha value is -5.63. The predicted octanol–water partition coefficient (Wildman–Crippen LogP) is 14.2. The van der Waals surface area contributed by atoms with Crippen molar-refractivity contribution < 1.29 is 39.5 Å². The smallest absolute Gasteiger partial charge is 0.417 e. The monoisotopic (exact) mass is 1070 g/mol. The third kappa shape index (κ3) is 12.5. The second kappa shape index (κ2) is 20.3. The summed E-state index contributed by atoms with van der Waals surface area (Å²) in [5.41, 5.74) is 1.70. The fraction of sp³-hybridized carbons (Fsp3) is 0.0455. The van der Waals surface area contributed by atoms with Crippen LogP contribution in [0, 0.1) is 6.92 Å². The van der Waals surface area contributed by atoms with E-state index in [1.54, 1.807) is 41.3 Å². The maximum atomic E-state index is 13.1. The van der Waals surface area contributed by atoms with E-state index in [2.05, 4.69) is 19.6 Å². The lowest BCUT2D eigenvalue weighted by Gasteiger charge is -2.12. The second-order valence-corrected chi connectivity index (χ2v) is 19.8. The van der Waals surface area contributed by atoms with Crippen LogP contribution in [0.4, 0.5) is 24.5 Å². The van der Waals surface area contributed by atoms with Crippen LogP contribution in [0.25, 0.3) is 11.4 Å². The van der Waals surface area contributed by atoms with Crippen LogP contribution in [0.2, 0.25) is 30.1 Å². The Morgan fingerprint density at radius 2 is 1.03 bits per heavy atom. The lowest BCUT2D eigenvalue weighted by molar-refractivity contribution is -0.137. The molecule has 0 bridgehead atoms. The quantitative estimate of drug-likeness (QED) is 0.123. The van der Waals surface area contributed by atoms with Gasteiger partial charge in [-0.25, -0.2) is 26.2 Å². The van der Waals surface area contributed by atoms with Crippen LogP contribution < -0.4 is 18.9 Å². The first kappa shape index (κ1) is 49.3. The molecule has 0 amide bonds. The average molecular weight is 1070 g/mol. The van der Waals surface area contributed by atoms with Crippen molar-refractivity contribution in [2.45, 2.75) is 22.9 Å². The second-order valence-electron chi connectivity index (χ2n) is 14.0. The van der Waals surface area contributed by atoms with Gasteiger partial charge in [0.1, 0.15) is 21.3 Å². The Kier molecular flexibility index (Phi) is 14.9. The molecule has 8 aromatic rings. The number of hydrogen-bond donors (Lipinski definition) is 2. The van der Waals surface area contributed by atoms with Crippen molar-refractivity contribution in [1.29, 1.82) is 0 Å². The number of aromatic nitrogens is 4. The van der Waals surface area contributed by atoms with Gasteiger partial charge in [0.25, 0.3) is 20.0 Å². The van der Waals surface area contributed by atoms with Gasteiger partial charge >= 0.3 is 6.18 Å². The number of benzene rings is 6. The van der Waals surface area contributed by atoms with E-state index in [1.807, 2.05) is 31.2 Å². The molecule has 67 heavy (non-hydrogen) atoms. The standard InChI is InChI=1S/C22H12Cl4F3N3O3S.C22H17Cl2N3O3S/c23-12-1-6-21(19(26)7-12)36(33,34)31-13-2-5-20(18(25)8-13)35-15-10-30-32(11-15)14-3-4-17(24)16(9-14)22(27,28)29;1-15-2-7-18(8-3-15)27-14-20(13-25-27)30-19-9-5-17(6-10-19)26-31(28,29)22-11-4-16(23)12-21(22)24/h1-11,31H;2-14,26H,1H3. The molecule has 0 aliphatic carbocycles. The molecule has 0 unspecified atom stereocenters. The third-order valence-corrected chi connectivity index (χ3v) is 13.9. The van der Waals surface area contributed by atoms with E-state index in [9.17, 15) is 30.0 Å². The number of nitrogens with zero attached hydrogens (tertiary/aromatic N) is 4. The van der Waals surface area contributed by atoms with E-state index >= 15 is 0 Å². The van der Waals surface area contributed by atoms with Crippen molar-refractivity contribution >= 4 is 101 Å². The third-order valence-electron chi connectivity index (χ3n) is 9.06. The van der Waals surface area contributed by atoms with Gasteiger partial charge in [0.2, 0.25) is 0 Å². The first-order valence-electron chi connectivity index (χ1n) is 18.9. The highest BCUT2D eigenvalue weighted by atomic mass is 35.5. The van der Waals surface area contributed by atoms with Crippen LogP contribution in [0.1, 0.15) is 11.1 Å². The first-order chi connectivity index (χ1) is 31.6. The number of alkyl halides is 3. The topological polar surface area (TPSA) is 146 Å². The fourth-order valence-corrected chi connectivity index (χ4v) is 9.98. The van der Waals surface area contributed by atoms with Gasteiger partial charge in [0.05, 0.1) is 67.5 Å². The van der Waals surface area contributed by atoms with Crippen molar-refractivity contribution in [2.75, 3.05) is 9.44 Å². The van der Waals surface area contributed by atoms with Crippen molar-refractivity contribution in [3.05, 3.63) is 187 Å². The fourth-order valence-electron chi connectivity index (χ4n) is 5.88. The SMILES string of the molecule is Cc1ccc(-n2cc(Oc3ccc(NS(=O)(=O)c4ccc(Cl)cc4Cl)cc3)cn2)cc1.O=S(=O)(Nc1ccc(Oc2cnn(-c3ccc(Cl)c(C(F)(F)F)c3)c2)c(Cl)c1)c1ccc(Cl)cc1Cl. The molecular weight excluding hydrogens is 1040 g/mol. The predicted molar refractivity (Wildman–Crippen MR) is 254 cm³/mol. The van der Waals surface area contributed by atoms with Gasteiger partial charge in [-0.1, -0.05) is 87.3 Å². The van der Waals surface area contributed by atoms with Gasteiger partial charge in [-0.2, -0.15) is 23.4 Å². The van der Waals surface area contributed by atoms with Crippen LogP contribution in [0.5, 0.6) is 23.0 Å². The minimum atomic E-state index is -4.63. The number of hydrogen-bond acceptors (Lipinski definition) is 8. The molecule has 8 rings (SSSR count). The van der Waals surface area contributed by atoms with E-state index in [0.717, 1.165) is 17.8 Å². The van der Waals surface area contributed by atoms with Crippen LogP contribution in [0.3, 0.4) is 0 Å².